The lowest BCUT2D eigenvalue weighted by molar-refractivity contribution is -0.119. The topological polar surface area (TPSA) is 69.1 Å². The molecule has 0 bridgehead atoms. The van der Waals surface area contributed by atoms with E-state index in [-0.39, 0.29) is 5.78 Å². The summed E-state index contributed by atoms with van der Waals surface area (Å²) < 4.78 is 0. The van der Waals surface area contributed by atoms with Crippen molar-refractivity contribution in [3.63, 3.8) is 0 Å². The first-order chi connectivity index (χ1) is 11.5. The van der Waals surface area contributed by atoms with Gasteiger partial charge in [0.1, 0.15) is 10.8 Å². The summed E-state index contributed by atoms with van der Waals surface area (Å²) in [6, 6.07) is 18.3. The molecule has 0 amide bonds. The van der Waals surface area contributed by atoms with E-state index in [0.29, 0.717) is 12.8 Å². The lowest BCUT2D eigenvalue weighted by Gasteiger charge is -2.23. The van der Waals surface area contributed by atoms with E-state index >= 15 is 0 Å². The highest BCUT2D eigenvalue weighted by molar-refractivity contribution is 6.40. The predicted octanol–water partition coefficient (Wildman–Crippen LogP) is 2.91. The number of ketones is 1. The third kappa shape index (κ3) is 5.32. The maximum absolute atomic E-state index is 12.5. The largest absolute Gasteiger partial charge is 0.326 e. The van der Waals surface area contributed by atoms with E-state index in [2.05, 4.69) is 0 Å². The Morgan fingerprint density at radius 3 is 1.42 bits per heavy atom. The summed E-state index contributed by atoms with van der Waals surface area (Å²) in [4.78, 5) is 12.5. The van der Waals surface area contributed by atoms with Crippen LogP contribution in [-0.2, 0) is 17.6 Å². The van der Waals surface area contributed by atoms with Gasteiger partial charge >= 0.3 is 0 Å². The van der Waals surface area contributed by atoms with Crippen LogP contribution in [0.2, 0.25) is 0 Å². The molecule has 4 unspecified atom stereocenters. The first-order valence-electron chi connectivity index (χ1n) is 7.90. The zero-order valence-corrected chi connectivity index (χ0v) is 14.8. The van der Waals surface area contributed by atoms with Crippen LogP contribution < -0.4 is 11.5 Å². The van der Waals surface area contributed by atoms with E-state index in [1.165, 1.54) is 0 Å². The predicted molar refractivity (Wildman–Crippen MR) is 101 cm³/mol. The highest BCUT2D eigenvalue weighted by Gasteiger charge is 2.32. The Labute approximate surface area is 152 Å². The van der Waals surface area contributed by atoms with Crippen molar-refractivity contribution < 1.29 is 4.79 Å². The van der Waals surface area contributed by atoms with Gasteiger partial charge in [-0.2, -0.15) is 0 Å². The Bertz CT molecular complexity index is 581. The van der Waals surface area contributed by atoms with Gasteiger partial charge in [0, 0.05) is 12.1 Å². The van der Waals surface area contributed by atoms with E-state index in [1.807, 2.05) is 60.7 Å². The fourth-order valence-electron chi connectivity index (χ4n) is 2.55. The molecule has 4 atom stereocenters. The second kappa shape index (κ2) is 9.19. The molecule has 24 heavy (non-hydrogen) atoms. The van der Waals surface area contributed by atoms with Crippen molar-refractivity contribution in [2.75, 3.05) is 0 Å². The number of carbonyl (C=O) groups is 1. The molecule has 2 rings (SSSR count). The number of alkyl halides is 2. The molecule has 0 heterocycles. The van der Waals surface area contributed by atoms with Gasteiger partial charge < -0.3 is 11.5 Å². The third-order valence-electron chi connectivity index (χ3n) is 3.92. The molecule has 0 aromatic heterocycles. The fourth-order valence-corrected chi connectivity index (χ4v) is 3.07. The molecule has 0 spiro atoms. The molecule has 2 aromatic rings. The summed E-state index contributed by atoms with van der Waals surface area (Å²) in [7, 11) is 0. The van der Waals surface area contributed by atoms with Crippen molar-refractivity contribution in [1.82, 2.24) is 0 Å². The Hall–Kier alpha value is -1.39. The molecule has 0 saturated heterocycles. The molecule has 0 aliphatic rings. The molecule has 0 radical (unpaired) electrons. The van der Waals surface area contributed by atoms with Crippen LogP contribution in [0.4, 0.5) is 0 Å². The first kappa shape index (κ1) is 18.9. The SMILES string of the molecule is NC(Cc1ccccc1)C(Cl)C(=O)C(Cl)C(N)Cc1ccccc1. The van der Waals surface area contributed by atoms with Crippen molar-refractivity contribution in [2.45, 2.75) is 35.7 Å². The van der Waals surface area contributed by atoms with E-state index in [1.54, 1.807) is 0 Å². The molecule has 0 fully saturated rings. The van der Waals surface area contributed by atoms with Gasteiger partial charge in [-0.15, -0.1) is 23.2 Å². The molecule has 128 valence electrons. The maximum Gasteiger partial charge on any atom is 0.171 e. The lowest BCUT2D eigenvalue weighted by Crippen LogP contribution is -2.47. The van der Waals surface area contributed by atoms with Gasteiger partial charge in [0.25, 0.3) is 0 Å². The van der Waals surface area contributed by atoms with E-state index in [9.17, 15) is 4.79 Å². The third-order valence-corrected chi connectivity index (χ3v) is 5.00. The highest BCUT2D eigenvalue weighted by Crippen LogP contribution is 2.17. The van der Waals surface area contributed by atoms with Crippen LogP contribution in [0.15, 0.2) is 60.7 Å². The molecule has 0 aliphatic carbocycles. The minimum Gasteiger partial charge on any atom is -0.326 e. The molecule has 0 saturated carbocycles. The number of Topliss-reactive ketones (excluding diaryl/α,β-unsaturated/α-hetero) is 1. The summed E-state index contributed by atoms with van der Waals surface area (Å²) >= 11 is 12.5. The van der Waals surface area contributed by atoms with Gasteiger partial charge in [-0.25, -0.2) is 0 Å². The maximum atomic E-state index is 12.5. The number of benzene rings is 2. The number of rotatable bonds is 8. The summed E-state index contributed by atoms with van der Waals surface area (Å²) in [6.07, 6.45) is 1.02. The molecular weight excluding hydrogens is 343 g/mol. The smallest absolute Gasteiger partial charge is 0.171 e. The fraction of sp³-hybridized carbons (Fsp3) is 0.316. The van der Waals surface area contributed by atoms with Crippen molar-refractivity contribution in [3.05, 3.63) is 71.8 Å². The zero-order valence-electron chi connectivity index (χ0n) is 13.3. The van der Waals surface area contributed by atoms with Crippen LogP contribution in [0.3, 0.4) is 0 Å². The molecule has 4 N–H and O–H groups in total. The highest BCUT2D eigenvalue weighted by atomic mass is 35.5. The van der Waals surface area contributed by atoms with Gasteiger partial charge in [0.2, 0.25) is 0 Å². The average molecular weight is 365 g/mol. The molecule has 0 aliphatic heterocycles. The van der Waals surface area contributed by atoms with Gasteiger partial charge in [0.05, 0.1) is 0 Å². The Balaban J connectivity index is 1.93. The molecular formula is C19H22Cl2N2O. The first-order valence-corrected chi connectivity index (χ1v) is 8.77. The Kier molecular flexibility index (Phi) is 7.25. The second-order valence-corrected chi connectivity index (χ2v) is 6.85. The standard InChI is InChI=1S/C19H22Cl2N2O/c20-17(15(22)11-13-7-3-1-4-8-13)19(24)18(21)16(23)12-14-9-5-2-6-10-14/h1-10,15-18H,11-12,22-23H2. The lowest BCUT2D eigenvalue weighted by atomic mass is 9.96. The second-order valence-electron chi connectivity index (χ2n) is 5.91. The monoisotopic (exact) mass is 364 g/mol. The van der Waals surface area contributed by atoms with Crippen LogP contribution in [0.25, 0.3) is 0 Å². The normalized spacial score (nSPS) is 16.2. The summed E-state index contributed by atoms with van der Waals surface area (Å²) in [5, 5.41) is -1.73. The van der Waals surface area contributed by atoms with Gasteiger partial charge in [-0.1, -0.05) is 60.7 Å². The summed E-state index contributed by atoms with van der Waals surface area (Å²) in [6.45, 7) is 0. The van der Waals surface area contributed by atoms with Crippen molar-refractivity contribution in [3.8, 4) is 0 Å². The van der Waals surface area contributed by atoms with E-state index < -0.39 is 22.8 Å². The Morgan fingerprint density at radius 2 is 1.08 bits per heavy atom. The minimum absolute atomic E-state index is 0.315. The van der Waals surface area contributed by atoms with Gasteiger partial charge in [-0.05, 0) is 24.0 Å². The van der Waals surface area contributed by atoms with Crippen LogP contribution in [0.1, 0.15) is 11.1 Å². The number of hydrogen-bond donors (Lipinski definition) is 2. The van der Waals surface area contributed by atoms with Crippen LogP contribution >= 0.6 is 23.2 Å². The average Bonchev–Trinajstić information content (AvgIpc) is 2.61. The number of halogens is 2. The summed E-state index contributed by atoms with van der Waals surface area (Å²) in [5.74, 6) is -0.315. The van der Waals surface area contributed by atoms with Crippen molar-refractivity contribution in [1.29, 1.82) is 0 Å². The van der Waals surface area contributed by atoms with Gasteiger partial charge in [0.15, 0.2) is 5.78 Å². The van der Waals surface area contributed by atoms with Crippen molar-refractivity contribution in [2.24, 2.45) is 11.5 Å². The number of nitrogens with two attached hydrogens (primary N) is 2. The Morgan fingerprint density at radius 1 is 0.750 bits per heavy atom. The summed E-state index contributed by atoms with van der Waals surface area (Å²) in [5.41, 5.74) is 14.2. The number of carbonyl (C=O) groups excluding carboxylic acids is 1. The molecule has 3 nitrogen and oxygen atoms in total. The van der Waals surface area contributed by atoms with Crippen LogP contribution in [0.5, 0.6) is 0 Å². The van der Waals surface area contributed by atoms with Crippen molar-refractivity contribution >= 4 is 29.0 Å². The van der Waals surface area contributed by atoms with Crippen LogP contribution in [0, 0.1) is 0 Å². The zero-order chi connectivity index (χ0) is 17.5. The molecule has 2 aromatic carbocycles. The van der Waals surface area contributed by atoms with Gasteiger partial charge in [-0.3, -0.25) is 4.79 Å². The molecule has 5 heteroatoms. The van der Waals surface area contributed by atoms with E-state index in [4.69, 9.17) is 34.7 Å². The minimum atomic E-state index is -0.866. The number of hydrogen-bond acceptors (Lipinski definition) is 3. The van der Waals surface area contributed by atoms with Crippen LogP contribution in [-0.4, -0.2) is 28.6 Å². The van der Waals surface area contributed by atoms with E-state index in [0.717, 1.165) is 11.1 Å². The quantitative estimate of drug-likeness (QED) is 0.707.